The van der Waals surface area contributed by atoms with Gasteiger partial charge in [0, 0.05) is 6.42 Å². The third kappa shape index (κ3) is 0.386. The summed E-state index contributed by atoms with van der Waals surface area (Å²) < 4.78 is 4.60. The van der Waals surface area contributed by atoms with Gasteiger partial charge in [0.1, 0.15) is 5.92 Å². The van der Waals surface area contributed by atoms with Crippen LogP contribution in [0.1, 0.15) is 6.42 Å². The molecular weight excluding hydrogens is 122 g/mol. The predicted octanol–water partition coefficient (Wildman–Crippen LogP) is -0.995. The predicted molar refractivity (Wildman–Crippen MR) is 26.1 cm³/mol. The number of carbonyl (C=O) groups is 2. The van der Waals surface area contributed by atoms with Crippen molar-refractivity contribution in [1.82, 2.24) is 5.32 Å². The van der Waals surface area contributed by atoms with Crippen molar-refractivity contribution in [2.24, 2.45) is 5.92 Å². The van der Waals surface area contributed by atoms with Gasteiger partial charge in [-0.25, -0.2) is 0 Å². The summed E-state index contributed by atoms with van der Waals surface area (Å²) in [4.78, 5) is 20.2. The molecule has 4 nitrogen and oxygen atoms in total. The summed E-state index contributed by atoms with van der Waals surface area (Å²) in [5.74, 6) is -0.0421. The molecule has 0 spiro atoms. The van der Waals surface area contributed by atoms with E-state index in [0.29, 0.717) is 12.9 Å². The van der Waals surface area contributed by atoms with Gasteiger partial charge in [-0.1, -0.05) is 0 Å². The molecule has 2 aliphatic rings. The maximum absolute atomic E-state index is 10.4. The molecule has 2 rings (SSSR count). The molecule has 1 amide bonds. The van der Waals surface area contributed by atoms with Crippen molar-refractivity contribution in [2.75, 3.05) is 0 Å². The van der Waals surface area contributed by atoms with Crippen LogP contribution in [-0.2, 0) is 14.3 Å². The van der Waals surface area contributed by atoms with Crippen LogP contribution in [-0.4, -0.2) is 18.1 Å². The van der Waals surface area contributed by atoms with Gasteiger partial charge in [-0.15, -0.1) is 0 Å². The van der Waals surface area contributed by atoms with E-state index in [1.165, 1.54) is 0 Å². The van der Waals surface area contributed by atoms with Crippen LogP contribution in [0.5, 0.6) is 0 Å². The van der Waals surface area contributed by atoms with Gasteiger partial charge in [0.15, 0.2) is 5.72 Å². The van der Waals surface area contributed by atoms with E-state index >= 15 is 0 Å². The van der Waals surface area contributed by atoms with Crippen molar-refractivity contribution in [3.63, 3.8) is 0 Å². The fraction of sp³-hybridized carbons (Fsp3) is 0.600. The molecular formula is C5H5NO3. The highest BCUT2D eigenvalue weighted by atomic mass is 16.6. The summed E-state index contributed by atoms with van der Waals surface area (Å²) in [6, 6.07) is 0. The molecule has 1 heterocycles. The molecule has 48 valence electrons. The third-order valence-electron chi connectivity index (χ3n) is 1.82. The zero-order chi connectivity index (χ0) is 6.48. The van der Waals surface area contributed by atoms with Gasteiger partial charge in [0.25, 0.3) is 6.47 Å². The van der Waals surface area contributed by atoms with Gasteiger partial charge < -0.3 is 10.1 Å². The van der Waals surface area contributed by atoms with Crippen molar-refractivity contribution < 1.29 is 14.3 Å². The highest BCUT2D eigenvalue weighted by molar-refractivity contribution is 5.92. The van der Waals surface area contributed by atoms with E-state index in [1.807, 2.05) is 0 Å². The second-order valence-corrected chi connectivity index (χ2v) is 2.35. The van der Waals surface area contributed by atoms with E-state index in [2.05, 4.69) is 10.1 Å². The first-order valence-corrected chi connectivity index (χ1v) is 2.72. The first-order chi connectivity index (χ1) is 4.28. The molecule has 0 aromatic rings. The topological polar surface area (TPSA) is 55.4 Å². The summed E-state index contributed by atoms with van der Waals surface area (Å²) in [6.45, 7) is 0.374. The minimum atomic E-state index is -0.557. The Balaban J connectivity index is 2.03. The standard InChI is InChI=1S/C5H5NO3/c7-2-9-5-1-3(5)4(8)6-5/h2-3H,1H2,(H,6,8). The molecule has 9 heavy (non-hydrogen) atoms. The molecule has 1 aliphatic heterocycles. The van der Waals surface area contributed by atoms with E-state index in [9.17, 15) is 9.59 Å². The lowest BCUT2D eigenvalue weighted by atomic mass is 10.2. The van der Waals surface area contributed by atoms with Crippen LogP contribution in [0.15, 0.2) is 0 Å². The zero-order valence-electron chi connectivity index (χ0n) is 4.59. The molecule has 1 aliphatic carbocycles. The number of hydrogen-bond acceptors (Lipinski definition) is 3. The fourth-order valence-corrected chi connectivity index (χ4v) is 1.15. The van der Waals surface area contributed by atoms with Gasteiger partial charge >= 0.3 is 0 Å². The molecule has 2 fully saturated rings. The molecule has 2 unspecified atom stereocenters. The number of β-lactam (4-membered cyclic amide) rings is 1. The smallest absolute Gasteiger partial charge is 0.295 e. The largest absolute Gasteiger partial charge is 0.440 e. The Morgan fingerprint density at radius 3 is 3.00 bits per heavy atom. The van der Waals surface area contributed by atoms with Crippen molar-refractivity contribution >= 4 is 12.4 Å². The molecule has 0 radical (unpaired) electrons. The van der Waals surface area contributed by atoms with E-state index < -0.39 is 5.72 Å². The summed E-state index contributed by atoms with van der Waals surface area (Å²) in [5, 5.41) is 2.50. The van der Waals surface area contributed by atoms with Crippen LogP contribution >= 0.6 is 0 Å². The molecule has 1 saturated carbocycles. The number of nitrogens with one attached hydrogen (secondary N) is 1. The Morgan fingerprint density at radius 2 is 2.67 bits per heavy atom. The molecule has 4 heteroatoms. The lowest BCUT2D eigenvalue weighted by molar-refractivity contribution is -0.152. The van der Waals surface area contributed by atoms with Crippen molar-refractivity contribution in [1.29, 1.82) is 0 Å². The third-order valence-corrected chi connectivity index (χ3v) is 1.82. The average Bonchev–Trinajstić information content (AvgIpc) is 2.38. The zero-order valence-corrected chi connectivity index (χ0v) is 4.59. The van der Waals surface area contributed by atoms with Gasteiger partial charge in [0.05, 0.1) is 0 Å². The van der Waals surface area contributed by atoms with Gasteiger partial charge in [-0.05, 0) is 0 Å². The summed E-state index contributed by atoms with van der Waals surface area (Å²) in [5.41, 5.74) is -0.557. The monoisotopic (exact) mass is 127 g/mol. The van der Waals surface area contributed by atoms with Crippen molar-refractivity contribution in [2.45, 2.75) is 12.1 Å². The summed E-state index contributed by atoms with van der Waals surface area (Å²) in [7, 11) is 0. The van der Waals surface area contributed by atoms with E-state index in [0.717, 1.165) is 0 Å². The lowest BCUT2D eigenvalue weighted by Gasteiger charge is -2.23. The molecule has 2 atom stereocenters. The molecule has 1 saturated heterocycles. The number of amides is 1. The normalized spacial score (nSPS) is 44.0. The minimum Gasteiger partial charge on any atom is -0.440 e. The van der Waals surface area contributed by atoms with E-state index in [-0.39, 0.29) is 11.8 Å². The summed E-state index contributed by atoms with van der Waals surface area (Å²) in [6.07, 6.45) is 0.657. The van der Waals surface area contributed by atoms with Crippen LogP contribution in [0.3, 0.4) is 0 Å². The number of carbonyl (C=O) groups excluding carboxylic acids is 2. The Bertz CT molecular complexity index is 187. The molecule has 0 aromatic carbocycles. The first kappa shape index (κ1) is 4.78. The lowest BCUT2D eigenvalue weighted by Crippen LogP contribution is -2.52. The average molecular weight is 127 g/mol. The molecule has 1 N–H and O–H groups in total. The highest BCUT2D eigenvalue weighted by Gasteiger charge is 2.71. The minimum absolute atomic E-state index is 0.00292. The second kappa shape index (κ2) is 1.10. The van der Waals surface area contributed by atoms with Gasteiger partial charge in [-0.2, -0.15) is 0 Å². The van der Waals surface area contributed by atoms with Crippen molar-refractivity contribution in [3.05, 3.63) is 0 Å². The van der Waals surface area contributed by atoms with Crippen LogP contribution < -0.4 is 5.32 Å². The Labute approximate surface area is 51.2 Å². The SMILES string of the molecule is O=COC12CC1C(=O)N2. The molecule has 0 aromatic heterocycles. The van der Waals surface area contributed by atoms with Crippen LogP contribution in [0.25, 0.3) is 0 Å². The number of hydrogen-bond donors (Lipinski definition) is 1. The Hall–Kier alpha value is -1.06. The number of fused-ring (bicyclic) bond motifs is 1. The number of rotatable bonds is 2. The highest BCUT2D eigenvalue weighted by Crippen LogP contribution is 2.51. The van der Waals surface area contributed by atoms with Crippen molar-refractivity contribution in [3.8, 4) is 0 Å². The Kier molecular flexibility index (Phi) is 0.583. The van der Waals surface area contributed by atoms with Gasteiger partial charge in [0.2, 0.25) is 5.91 Å². The van der Waals surface area contributed by atoms with Gasteiger partial charge in [-0.3, -0.25) is 9.59 Å². The van der Waals surface area contributed by atoms with Crippen LogP contribution in [0.4, 0.5) is 0 Å². The van der Waals surface area contributed by atoms with Crippen LogP contribution in [0.2, 0.25) is 0 Å². The Morgan fingerprint density at radius 1 is 1.89 bits per heavy atom. The maximum atomic E-state index is 10.4. The number of ether oxygens (including phenoxy) is 1. The van der Waals surface area contributed by atoms with Crippen LogP contribution in [0, 0.1) is 5.92 Å². The molecule has 0 bridgehead atoms. The van der Waals surface area contributed by atoms with E-state index in [1.54, 1.807) is 0 Å². The van der Waals surface area contributed by atoms with E-state index in [4.69, 9.17) is 0 Å². The summed E-state index contributed by atoms with van der Waals surface area (Å²) >= 11 is 0. The maximum Gasteiger partial charge on any atom is 0.295 e. The first-order valence-electron chi connectivity index (χ1n) is 2.72. The second-order valence-electron chi connectivity index (χ2n) is 2.35. The quantitative estimate of drug-likeness (QED) is 0.382. The fourth-order valence-electron chi connectivity index (χ4n) is 1.15.